The van der Waals surface area contributed by atoms with Crippen LogP contribution in [0.25, 0.3) is 0 Å². The number of nitrogens with zero attached hydrogens (tertiary/aromatic N) is 2. The minimum Gasteiger partial charge on any atom is -0.338 e. The molecule has 2 amide bonds. The Labute approximate surface area is 153 Å². The molecule has 3 aliphatic rings. The van der Waals surface area contributed by atoms with Crippen LogP contribution in [-0.2, 0) is 9.59 Å². The molecule has 0 aromatic rings. The predicted octanol–water partition coefficient (Wildman–Crippen LogP) is 2.02. The van der Waals surface area contributed by atoms with Gasteiger partial charge in [0.15, 0.2) is 5.17 Å². The second-order valence-corrected chi connectivity index (χ2v) is 7.55. The molecule has 128 valence electrons. The Morgan fingerprint density at radius 3 is 2.96 bits per heavy atom. The zero-order valence-electron chi connectivity index (χ0n) is 12.7. The molecule has 2 saturated heterocycles. The molecule has 3 rings (SSSR count). The van der Waals surface area contributed by atoms with Crippen molar-refractivity contribution < 1.29 is 9.59 Å². The fourth-order valence-electron chi connectivity index (χ4n) is 2.56. The number of nitrogens with one attached hydrogen (secondary N) is 1. The standard InChI is InChI=1S/C15H16Cl2N4O2S/c16-9-2-1-3-10(17)13(9)19-15-20-14(23)11(24-15)6-12(22)21-5-4-8(18)7-21/h2,6,8H,1,3-5,7,18H2,(H,19,20,23)/b11-6-. The lowest BCUT2D eigenvalue weighted by Gasteiger charge is -2.12. The van der Waals surface area contributed by atoms with Gasteiger partial charge in [-0.1, -0.05) is 29.3 Å². The number of nitrogens with two attached hydrogens (primary N) is 1. The highest BCUT2D eigenvalue weighted by Gasteiger charge is 2.28. The van der Waals surface area contributed by atoms with Gasteiger partial charge < -0.3 is 16.0 Å². The van der Waals surface area contributed by atoms with Crippen LogP contribution in [-0.4, -0.2) is 41.0 Å². The van der Waals surface area contributed by atoms with Crippen LogP contribution in [0.2, 0.25) is 0 Å². The number of carbonyl (C=O) groups is 2. The molecule has 1 atom stereocenters. The second-order valence-electron chi connectivity index (χ2n) is 5.66. The molecule has 0 saturated carbocycles. The first-order valence-electron chi connectivity index (χ1n) is 7.53. The molecule has 24 heavy (non-hydrogen) atoms. The maximum absolute atomic E-state index is 12.2. The number of amidine groups is 1. The average Bonchev–Trinajstić information content (AvgIpc) is 3.10. The molecule has 2 fully saturated rings. The average molecular weight is 387 g/mol. The molecule has 0 aromatic carbocycles. The van der Waals surface area contributed by atoms with Crippen LogP contribution in [0.3, 0.4) is 0 Å². The highest BCUT2D eigenvalue weighted by molar-refractivity contribution is 8.18. The van der Waals surface area contributed by atoms with Crippen LogP contribution in [0.15, 0.2) is 37.8 Å². The first kappa shape index (κ1) is 17.5. The lowest BCUT2D eigenvalue weighted by Crippen LogP contribution is -2.31. The van der Waals surface area contributed by atoms with E-state index in [1.54, 1.807) is 4.90 Å². The Morgan fingerprint density at radius 1 is 1.50 bits per heavy atom. The number of aliphatic imine (C=N–C) groups is 1. The third kappa shape index (κ3) is 3.85. The van der Waals surface area contributed by atoms with Gasteiger partial charge >= 0.3 is 0 Å². The maximum atomic E-state index is 12.2. The zero-order valence-corrected chi connectivity index (χ0v) is 15.0. The van der Waals surface area contributed by atoms with E-state index in [1.165, 1.54) is 6.08 Å². The highest BCUT2D eigenvalue weighted by atomic mass is 35.5. The minimum atomic E-state index is -0.358. The highest BCUT2D eigenvalue weighted by Crippen LogP contribution is 2.33. The maximum Gasteiger partial charge on any atom is 0.264 e. The molecular formula is C15H16Cl2N4O2S. The lowest BCUT2D eigenvalue weighted by molar-refractivity contribution is -0.125. The van der Waals surface area contributed by atoms with Crippen molar-refractivity contribution in [3.05, 3.63) is 32.8 Å². The van der Waals surface area contributed by atoms with E-state index >= 15 is 0 Å². The van der Waals surface area contributed by atoms with Crippen molar-refractivity contribution in [1.82, 2.24) is 10.2 Å². The summed E-state index contributed by atoms with van der Waals surface area (Å²) in [6.07, 6.45) is 5.38. The molecule has 9 heteroatoms. The van der Waals surface area contributed by atoms with Gasteiger partial charge in [0.25, 0.3) is 5.91 Å². The Hall–Kier alpha value is -1.28. The second kappa shape index (κ2) is 7.31. The van der Waals surface area contributed by atoms with Gasteiger partial charge in [-0.05, 0) is 31.0 Å². The van der Waals surface area contributed by atoms with Crippen LogP contribution in [0.5, 0.6) is 0 Å². The molecule has 6 nitrogen and oxygen atoms in total. The van der Waals surface area contributed by atoms with Crippen molar-refractivity contribution >= 4 is 51.9 Å². The number of hydrogen-bond donors (Lipinski definition) is 2. The van der Waals surface area contributed by atoms with E-state index < -0.39 is 0 Å². The molecule has 3 N–H and O–H groups in total. The summed E-state index contributed by atoms with van der Waals surface area (Å²) in [5.41, 5.74) is 6.26. The van der Waals surface area contributed by atoms with Crippen LogP contribution in [0.4, 0.5) is 0 Å². The third-order valence-electron chi connectivity index (χ3n) is 3.83. The normalized spacial score (nSPS) is 28.0. The smallest absolute Gasteiger partial charge is 0.264 e. The molecule has 1 aliphatic carbocycles. The van der Waals surface area contributed by atoms with Crippen LogP contribution < -0.4 is 11.1 Å². The minimum absolute atomic E-state index is 0.00356. The summed E-state index contributed by atoms with van der Waals surface area (Å²) in [5, 5.41) is 4.01. The van der Waals surface area contributed by atoms with Crippen molar-refractivity contribution in [1.29, 1.82) is 0 Å². The number of thioether (sulfide) groups is 1. The van der Waals surface area contributed by atoms with E-state index in [-0.39, 0.29) is 17.9 Å². The van der Waals surface area contributed by atoms with E-state index in [4.69, 9.17) is 28.9 Å². The monoisotopic (exact) mass is 386 g/mol. The van der Waals surface area contributed by atoms with E-state index in [1.807, 2.05) is 6.08 Å². The van der Waals surface area contributed by atoms with Crippen molar-refractivity contribution in [2.45, 2.75) is 25.3 Å². The van der Waals surface area contributed by atoms with Gasteiger partial charge in [-0.2, -0.15) is 0 Å². The fraction of sp³-hybridized carbons (Fsp3) is 0.400. The Bertz CT molecular complexity index is 714. The SMILES string of the molecule is NC1CCN(C(=O)/C=C2\SC(=NC3=C(Cl)CCC=C3Cl)NC2=O)C1. The van der Waals surface area contributed by atoms with Crippen molar-refractivity contribution in [3.63, 3.8) is 0 Å². The topological polar surface area (TPSA) is 87.8 Å². The molecule has 2 heterocycles. The van der Waals surface area contributed by atoms with Gasteiger partial charge in [0.1, 0.15) is 0 Å². The van der Waals surface area contributed by atoms with E-state index in [0.29, 0.717) is 45.3 Å². The van der Waals surface area contributed by atoms with Crippen molar-refractivity contribution in [2.24, 2.45) is 10.7 Å². The molecule has 0 spiro atoms. The Balaban J connectivity index is 1.74. The van der Waals surface area contributed by atoms with Gasteiger partial charge in [-0.15, -0.1) is 0 Å². The third-order valence-corrected chi connectivity index (χ3v) is 5.44. The summed E-state index contributed by atoms with van der Waals surface area (Å²) < 4.78 is 0. The molecular weight excluding hydrogens is 371 g/mol. The van der Waals surface area contributed by atoms with Crippen LogP contribution in [0.1, 0.15) is 19.3 Å². The van der Waals surface area contributed by atoms with Crippen molar-refractivity contribution in [3.8, 4) is 0 Å². The summed E-state index contributed by atoms with van der Waals surface area (Å²) in [6.45, 7) is 1.12. The van der Waals surface area contributed by atoms with E-state index in [9.17, 15) is 9.59 Å². The zero-order chi connectivity index (χ0) is 17.3. The largest absolute Gasteiger partial charge is 0.338 e. The summed E-state index contributed by atoms with van der Waals surface area (Å²) in [7, 11) is 0. The van der Waals surface area contributed by atoms with Gasteiger partial charge in [0, 0.05) is 30.2 Å². The first-order chi connectivity index (χ1) is 11.4. The first-order valence-corrected chi connectivity index (χ1v) is 9.10. The Kier molecular flexibility index (Phi) is 5.34. The number of likely N-dealkylation sites (tertiary alicyclic amines) is 1. The predicted molar refractivity (Wildman–Crippen MR) is 96.5 cm³/mol. The fourth-order valence-corrected chi connectivity index (χ4v) is 3.92. The molecule has 0 aromatic heterocycles. The van der Waals surface area contributed by atoms with Gasteiger partial charge in [-0.3, -0.25) is 9.59 Å². The molecule has 0 bridgehead atoms. The summed E-state index contributed by atoms with van der Waals surface area (Å²) in [4.78, 5) is 30.5. The van der Waals surface area contributed by atoms with Gasteiger partial charge in [0.05, 0.1) is 15.6 Å². The number of allylic oxidation sites excluding steroid dienone is 3. The molecule has 0 radical (unpaired) electrons. The number of halogens is 2. The summed E-state index contributed by atoms with van der Waals surface area (Å²) >= 11 is 13.4. The van der Waals surface area contributed by atoms with Gasteiger partial charge in [0.2, 0.25) is 5.91 Å². The summed E-state index contributed by atoms with van der Waals surface area (Å²) in [5.74, 6) is -0.571. The van der Waals surface area contributed by atoms with Crippen LogP contribution >= 0.6 is 35.0 Å². The lowest BCUT2D eigenvalue weighted by atomic mass is 10.1. The van der Waals surface area contributed by atoms with Crippen molar-refractivity contribution in [2.75, 3.05) is 13.1 Å². The number of carbonyl (C=O) groups excluding carboxylic acids is 2. The Morgan fingerprint density at radius 2 is 2.29 bits per heavy atom. The number of rotatable bonds is 2. The number of hydrogen-bond acceptors (Lipinski definition) is 5. The molecule has 2 aliphatic heterocycles. The van der Waals surface area contributed by atoms with Crippen LogP contribution in [0, 0.1) is 0 Å². The van der Waals surface area contributed by atoms with E-state index in [0.717, 1.165) is 24.6 Å². The number of amides is 2. The summed E-state index contributed by atoms with van der Waals surface area (Å²) in [6, 6.07) is 0.00356. The van der Waals surface area contributed by atoms with Gasteiger partial charge in [-0.25, -0.2) is 4.99 Å². The quantitative estimate of drug-likeness (QED) is 0.710. The molecule has 1 unspecified atom stereocenters. The van der Waals surface area contributed by atoms with E-state index in [2.05, 4.69) is 10.3 Å².